The molecule has 0 radical (unpaired) electrons. The number of esters is 1. The van der Waals surface area contributed by atoms with E-state index in [2.05, 4.69) is 10.1 Å². The number of benzene rings is 1. The molecule has 2 amide bonds. The number of nitrogens with one attached hydrogen (secondary N) is 1. The standard InChI is InChI=1S/C15H15F5N2O4/c1-3-26-12(23)10-11(7-4-5-8(16)9(17)6-7)21-13(24)22(2)14(10,25)15(18,19)20/h4-6,10-11,25H,3H2,1-2H3,(H,21,24)/t10-,11-,14+/m1/s1. The first kappa shape index (κ1) is 19.9. The normalized spacial score (nSPS) is 26.5. The van der Waals surface area contributed by atoms with Gasteiger partial charge in [-0.25, -0.2) is 13.6 Å². The Kier molecular flexibility index (Phi) is 5.13. The van der Waals surface area contributed by atoms with Crippen molar-refractivity contribution in [2.75, 3.05) is 13.7 Å². The number of hydrogen-bond donors (Lipinski definition) is 2. The number of carbonyl (C=O) groups excluding carboxylic acids is 2. The smallest absolute Gasteiger partial charge is 0.437 e. The van der Waals surface area contributed by atoms with Gasteiger partial charge in [0.15, 0.2) is 11.6 Å². The number of aliphatic hydroxyl groups is 1. The number of halogens is 5. The van der Waals surface area contributed by atoms with Crippen LogP contribution >= 0.6 is 0 Å². The molecule has 11 heteroatoms. The van der Waals surface area contributed by atoms with E-state index in [0.717, 1.165) is 6.07 Å². The summed E-state index contributed by atoms with van der Waals surface area (Å²) in [6.07, 6.45) is -5.44. The zero-order chi connectivity index (χ0) is 19.9. The maximum atomic E-state index is 13.6. The van der Waals surface area contributed by atoms with Crippen LogP contribution in [0.1, 0.15) is 18.5 Å². The van der Waals surface area contributed by atoms with Crippen LogP contribution in [-0.2, 0) is 9.53 Å². The fourth-order valence-corrected chi connectivity index (χ4v) is 2.79. The maximum Gasteiger partial charge on any atom is 0.437 e. The Morgan fingerprint density at radius 2 is 1.96 bits per heavy atom. The molecule has 0 aromatic heterocycles. The van der Waals surface area contributed by atoms with E-state index in [1.807, 2.05) is 0 Å². The Morgan fingerprint density at radius 1 is 1.35 bits per heavy atom. The van der Waals surface area contributed by atoms with Crippen LogP contribution in [0.2, 0.25) is 0 Å². The fraction of sp³-hybridized carbons (Fsp3) is 0.467. The Bertz CT molecular complexity index is 726. The SMILES string of the molecule is CCOC(=O)[C@H]1[C@@H](c2ccc(F)c(F)c2)NC(=O)N(C)[C@@]1(O)C(F)(F)F. The summed E-state index contributed by atoms with van der Waals surface area (Å²) in [5.74, 6) is -6.51. The van der Waals surface area contributed by atoms with Crippen LogP contribution in [0.5, 0.6) is 0 Å². The van der Waals surface area contributed by atoms with Crippen LogP contribution in [-0.4, -0.2) is 47.6 Å². The molecule has 1 aromatic carbocycles. The molecule has 0 aliphatic carbocycles. The maximum absolute atomic E-state index is 13.6. The molecule has 1 heterocycles. The number of nitrogens with zero attached hydrogens (tertiary/aromatic N) is 1. The number of hydrogen-bond acceptors (Lipinski definition) is 4. The lowest BCUT2D eigenvalue weighted by atomic mass is 9.81. The summed E-state index contributed by atoms with van der Waals surface area (Å²) in [5.41, 5.74) is -4.26. The van der Waals surface area contributed by atoms with Gasteiger partial charge in [0.2, 0.25) is 0 Å². The minimum atomic E-state index is -5.44. The van der Waals surface area contributed by atoms with E-state index in [1.165, 1.54) is 6.92 Å². The number of amides is 2. The number of ether oxygens (including phenoxy) is 1. The highest BCUT2D eigenvalue weighted by atomic mass is 19.4. The van der Waals surface area contributed by atoms with Crippen LogP contribution < -0.4 is 5.32 Å². The van der Waals surface area contributed by atoms with Crippen molar-refractivity contribution in [1.29, 1.82) is 0 Å². The third kappa shape index (κ3) is 3.06. The number of carbonyl (C=O) groups is 2. The van der Waals surface area contributed by atoms with Crippen molar-refractivity contribution >= 4 is 12.0 Å². The van der Waals surface area contributed by atoms with Gasteiger partial charge < -0.3 is 15.2 Å². The van der Waals surface area contributed by atoms with Crippen molar-refractivity contribution < 1.29 is 41.4 Å². The lowest BCUT2D eigenvalue weighted by molar-refractivity contribution is -0.328. The number of rotatable bonds is 3. The second-order valence-corrected chi connectivity index (χ2v) is 5.61. The van der Waals surface area contributed by atoms with Crippen LogP contribution in [0.4, 0.5) is 26.7 Å². The van der Waals surface area contributed by atoms with Gasteiger partial charge in [0, 0.05) is 7.05 Å². The Hall–Kier alpha value is -2.43. The first-order chi connectivity index (χ1) is 11.9. The fourth-order valence-electron chi connectivity index (χ4n) is 2.79. The summed E-state index contributed by atoms with van der Waals surface area (Å²) in [6.45, 7) is 1.04. The predicted octanol–water partition coefficient (Wildman–Crippen LogP) is 2.09. The molecule has 0 spiro atoms. The largest absolute Gasteiger partial charge is 0.466 e. The number of urea groups is 1. The third-order valence-corrected chi connectivity index (χ3v) is 4.12. The highest BCUT2D eigenvalue weighted by Gasteiger charge is 2.69. The average molecular weight is 382 g/mol. The van der Waals surface area contributed by atoms with Crippen molar-refractivity contribution in [2.24, 2.45) is 5.92 Å². The van der Waals surface area contributed by atoms with Crippen molar-refractivity contribution in [3.05, 3.63) is 35.4 Å². The van der Waals surface area contributed by atoms with E-state index in [1.54, 1.807) is 0 Å². The highest BCUT2D eigenvalue weighted by Crippen LogP contribution is 2.46. The topological polar surface area (TPSA) is 78.9 Å². The first-order valence-electron chi connectivity index (χ1n) is 7.40. The number of alkyl halides is 3. The molecule has 144 valence electrons. The lowest BCUT2D eigenvalue weighted by Gasteiger charge is -2.49. The van der Waals surface area contributed by atoms with Gasteiger partial charge in [-0.05, 0) is 24.6 Å². The van der Waals surface area contributed by atoms with Crippen molar-refractivity contribution in [3.8, 4) is 0 Å². The van der Waals surface area contributed by atoms with E-state index in [9.17, 15) is 36.6 Å². The summed E-state index contributed by atoms with van der Waals surface area (Å²) in [4.78, 5) is 24.1. The summed E-state index contributed by atoms with van der Waals surface area (Å²) in [7, 11) is 0.649. The Balaban J connectivity index is 2.66. The van der Waals surface area contributed by atoms with E-state index >= 15 is 0 Å². The molecule has 1 aliphatic heterocycles. The monoisotopic (exact) mass is 382 g/mol. The second kappa shape index (κ2) is 6.71. The van der Waals surface area contributed by atoms with Crippen LogP contribution in [0.3, 0.4) is 0 Å². The molecule has 1 aliphatic rings. The van der Waals surface area contributed by atoms with Crippen molar-refractivity contribution in [3.63, 3.8) is 0 Å². The van der Waals surface area contributed by atoms with Crippen LogP contribution in [0.25, 0.3) is 0 Å². The molecule has 1 aromatic rings. The van der Waals surface area contributed by atoms with Gasteiger partial charge in [0.25, 0.3) is 5.72 Å². The first-order valence-corrected chi connectivity index (χ1v) is 7.40. The summed E-state index contributed by atoms with van der Waals surface area (Å²) in [5, 5.41) is 12.4. The molecule has 0 saturated carbocycles. The van der Waals surface area contributed by atoms with E-state index in [-0.39, 0.29) is 17.1 Å². The van der Waals surface area contributed by atoms with E-state index in [4.69, 9.17) is 0 Å². The second-order valence-electron chi connectivity index (χ2n) is 5.61. The quantitative estimate of drug-likeness (QED) is 0.620. The van der Waals surface area contributed by atoms with E-state index < -0.39 is 47.5 Å². The van der Waals surface area contributed by atoms with Gasteiger partial charge >= 0.3 is 18.2 Å². The molecular formula is C15H15F5N2O4. The molecule has 0 bridgehead atoms. The minimum Gasteiger partial charge on any atom is -0.466 e. The molecular weight excluding hydrogens is 367 g/mol. The third-order valence-electron chi connectivity index (χ3n) is 4.12. The summed E-state index contributed by atoms with van der Waals surface area (Å²) < 4.78 is 72.1. The molecule has 3 atom stereocenters. The summed E-state index contributed by atoms with van der Waals surface area (Å²) in [6, 6.07) is -1.10. The van der Waals surface area contributed by atoms with Gasteiger partial charge in [0.1, 0.15) is 5.92 Å². The Morgan fingerprint density at radius 3 is 2.46 bits per heavy atom. The zero-order valence-corrected chi connectivity index (χ0v) is 13.6. The molecule has 26 heavy (non-hydrogen) atoms. The van der Waals surface area contributed by atoms with E-state index in [0.29, 0.717) is 19.2 Å². The Labute approximate surface area is 144 Å². The molecule has 1 saturated heterocycles. The van der Waals surface area contributed by atoms with Gasteiger partial charge in [-0.1, -0.05) is 6.07 Å². The highest BCUT2D eigenvalue weighted by molar-refractivity contribution is 5.83. The van der Waals surface area contributed by atoms with Gasteiger partial charge in [-0.15, -0.1) is 0 Å². The van der Waals surface area contributed by atoms with Gasteiger partial charge in [-0.2, -0.15) is 13.2 Å². The molecule has 2 N–H and O–H groups in total. The molecule has 6 nitrogen and oxygen atoms in total. The molecule has 1 fully saturated rings. The minimum absolute atomic E-state index is 0.0784. The average Bonchev–Trinajstić information content (AvgIpc) is 2.54. The predicted molar refractivity (Wildman–Crippen MR) is 76.5 cm³/mol. The van der Waals surface area contributed by atoms with Gasteiger partial charge in [0.05, 0.1) is 12.6 Å². The van der Waals surface area contributed by atoms with Crippen LogP contribution in [0, 0.1) is 17.6 Å². The van der Waals surface area contributed by atoms with Gasteiger partial charge in [-0.3, -0.25) is 9.69 Å². The lowest BCUT2D eigenvalue weighted by Crippen LogP contribution is -2.73. The van der Waals surface area contributed by atoms with Crippen molar-refractivity contribution in [1.82, 2.24) is 10.2 Å². The van der Waals surface area contributed by atoms with Crippen LogP contribution in [0.15, 0.2) is 18.2 Å². The molecule has 2 rings (SSSR count). The summed E-state index contributed by atoms with van der Waals surface area (Å²) >= 11 is 0. The molecule has 0 unspecified atom stereocenters. The zero-order valence-electron chi connectivity index (χ0n) is 13.6. The van der Waals surface area contributed by atoms with Crippen molar-refractivity contribution in [2.45, 2.75) is 24.9 Å².